The number of piperidine rings is 3. The molecule has 8 rings (SSSR count). The van der Waals surface area contributed by atoms with E-state index >= 15 is 0 Å². The first-order valence-corrected chi connectivity index (χ1v) is 16.7. The van der Waals surface area contributed by atoms with Crippen molar-refractivity contribution in [2.75, 3.05) is 26.2 Å². The number of H-pyrrole nitrogens is 1. The summed E-state index contributed by atoms with van der Waals surface area (Å²) in [4.78, 5) is 31.3. The molecule has 0 spiro atoms. The van der Waals surface area contributed by atoms with Gasteiger partial charge < -0.3 is 39.7 Å². The number of nitrogens with zero attached hydrogens (tertiary/aromatic N) is 2. The predicted molar refractivity (Wildman–Crippen MR) is 183 cm³/mol. The van der Waals surface area contributed by atoms with Gasteiger partial charge in [-0.1, -0.05) is 48.5 Å². The molecule has 2 bridgehead atoms. The molecule has 254 valence electrons. The second-order valence-corrected chi connectivity index (χ2v) is 12.9. The first-order chi connectivity index (χ1) is 23.8. The van der Waals surface area contributed by atoms with E-state index in [0.29, 0.717) is 40.7 Å². The number of aliphatic hydroxyl groups is 1. The molecule has 2 unspecified atom stereocenters. The number of nitrogens with one attached hydrogen (secondary N) is 2. The van der Waals surface area contributed by atoms with Crippen LogP contribution in [0.4, 0.5) is 4.79 Å². The molecule has 3 aliphatic heterocycles. The number of aromatic nitrogens is 1. The molecule has 0 radical (unpaired) electrons. The van der Waals surface area contributed by atoms with E-state index in [1.165, 1.54) is 12.1 Å². The number of phenolic OH excluding ortho intramolecular Hbond substituents is 1. The molecule has 49 heavy (non-hydrogen) atoms. The lowest BCUT2D eigenvalue weighted by Gasteiger charge is -2.50. The maximum absolute atomic E-state index is 12.9. The number of carbonyl (C=O) groups is 1. The van der Waals surface area contributed by atoms with Crippen molar-refractivity contribution < 1.29 is 29.3 Å². The van der Waals surface area contributed by atoms with E-state index in [-0.39, 0.29) is 36.0 Å². The molecule has 11 nitrogen and oxygen atoms in total. The average molecular weight is 665 g/mol. The van der Waals surface area contributed by atoms with E-state index in [4.69, 9.17) is 9.15 Å². The van der Waals surface area contributed by atoms with Crippen LogP contribution in [-0.2, 0) is 13.2 Å². The average Bonchev–Trinajstić information content (AvgIpc) is 3.58. The van der Waals surface area contributed by atoms with Crippen molar-refractivity contribution >= 4 is 17.0 Å². The minimum absolute atomic E-state index is 0.0589. The molecule has 3 atom stereocenters. The Morgan fingerprint density at radius 3 is 2.51 bits per heavy atom. The molecule has 5 N–H and O–H groups in total. The van der Waals surface area contributed by atoms with Crippen LogP contribution in [0.2, 0.25) is 0 Å². The van der Waals surface area contributed by atoms with Gasteiger partial charge >= 0.3 is 6.09 Å². The summed E-state index contributed by atoms with van der Waals surface area (Å²) >= 11 is 0. The fourth-order valence-corrected chi connectivity index (χ4v) is 7.36. The number of benzene rings is 3. The first-order valence-electron chi connectivity index (χ1n) is 16.7. The Kier molecular flexibility index (Phi) is 9.38. The highest BCUT2D eigenvalue weighted by molar-refractivity contribution is 5.87. The molecule has 3 aliphatic rings. The van der Waals surface area contributed by atoms with E-state index in [0.717, 1.165) is 43.6 Å². The van der Waals surface area contributed by atoms with Crippen molar-refractivity contribution in [3.8, 4) is 11.5 Å². The summed E-state index contributed by atoms with van der Waals surface area (Å²) in [6, 6.07) is 26.6. The van der Waals surface area contributed by atoms with Crippen LogP contribution in [0.5, 0.6) is 11.5 Å². The predicted octanol–water partition coefficient (Wildman–Crippen LogP) is 5.39. The summed E-state index contributed by atoms with van der Waals surface area (Å²) in [5.41, 5.74) is 2.30. The lowest BCUT2D eigenvalue weighted by molar-refractivity contribution is -0.000813. The summed E-state index contributed by atoms with van der Waals surface area (Å²) in [6.45, 7) is 3.57. The molecule has 5 aromatic rings. The van der Waals surface area contributed by atoms with Crippen molar-refractivity contribution in [1.82, 2.24) is 20.1 Å². The molecule has 2 aromatic heterocycles. The molecular formula is C38H40N4O7. The largest absolute Gasteiger partial charge is 0.506 e. The van der Waals surface area contributed by atoms with Gasteiger partial charge in [0.1, 0.15) is 29.6 Å². The van der Waals surface area contributed by atoms with Crippen LogP contribution >= 0.6 is 0 Å². The molecular weight excluding hydrogens is 624 g/mol. The number of ether oxygens (including phenoxy) is 1. The van der Waals surface area contributed by atoms with Crippen LogP contribution in [0, 0.1) is 5.92 Å². The molecule has 0 aliphatic carbocycles. The minimum atomic E-state index is -0.920. The summed E-state index contributed by atoms with van der Waals surface area (Å²) in [5.74, 6) is 2.18. The van der Waals surface area contributed by atoms with Crippen LogP contribution in [-0.4, -0.2) is 68.4 Å². The second kappa shape index (κ2) is 14.2. The summed E-state index contributed by atoms with van der Waals surface area (Å²) < 4.78 is 12.1. The standard InChI is InChI=1S/C38H40N4O7/c43-33-13-11-30(31-12-14-35(45)40-36(31)33)34(44)21-39-20-28-9-10-29(49-28)23-48-27-8-4-7-26(19-27)37(25-5-2-1-3-6-25)42(38(46)47)32-22-41-17-15-24(32)16-18-41/h1-14,19,24,32,34,37,39,43-44H,15-18,20-23H2,(H,40,45)(H,46,47)/t32?,34?,37-/m0/s1. The van der Waals surface area contributed by atoms with Crippen LogP contribution < -0.4 is 15.6 Å². The fourth-order valence-electron chi connectivity index (χ4n) is 7.36. The van der Waals surface area contributed by atoms with Gasteiger partial charge in [-0.2, -0.15) is 0 Å². The van der Waals surface area contributed by atoms with Crippen LogP contribution in [0.15, 0.2) is 100 Å². The van der Waals surface area contributed by atoms with E-state index in [1.54, 1.807) is 17.0 Å². The third-order valence-electron chi connectivity index (χ3n) is 9.77. The van der Waals surface area contributed by atoms with Crippen LogP contribution in [0.25, 0.3) is 10.9 Å². The SMILES string of the molecule is O=C(O)N(C1CN2CCC1CC2)[C@@H](c1ccccc1)c1cccc(OCc2ccc(CNCC(O)c3ccc(O)c4[nH]c(=O)ccc34)o2)c1. The Labute approximate surface area is 283 Å². The van der Waals surface area contributed by atoms with Gasteiger partial charge in [0.25, 0.3) is 0 Å². The second-order valence-electron chi connectivity index (χ2n) is 12.9. The number of hydrogen-bond acceptors (Lipinski definition) is 8. The van der Waals surface area contributed by atoms with E-state index in [1.807, 2.05) is 66.7 Å². The maximum atomic E-state index is 12.9. The summed E-state index contributed by atoms with van der Waals surface area (Å²) in [5, 5.41) is 35.3. The smallest absolute Gasteiger partial charge is 0.408 e. The number of furan rings is 1. The molecule has 3 saturated heterocycles. The normalized spacial score (nSPS) is 19.8. The molecule has 3 aromatic carbocycles. The highest BCUT2D eigenvalue weighted by Crippen LogP contribution is 2.39. The van der Waals surface area contributed by atoms with E-state index < -0.39 is 18.2 Å². The number of carboxylic acid groups (broad SMARTS) is 1. The third-order valence-corrected chi connectivity index (χ3v) is 9.77. The van der Waals surface area contributed by atoms with E-state index in [2.05, 4.69) is 15.2 Å². The van der Waals surface area contributed by atoms with Crippen molar-refractivity contribution in [3.05, 3.63) is 130 Å². The number of amides is 1. The highest BCUT2D eigenvalue weighted by atomic mass is 16.5. The number of aromatic hydroxyl groups is 1. The zero-order valence-electron chi connectivity index (χ0n) is 27.0. The van der Waals surface area contributed by atoms with Gasteiger partial charge in [-0.25, -0.2) is 4.79 Å². The monoisotopic (exact) mass is 664 g/mol. The molecule has 11 heteroatoms. The Bertz CT molecular complexity index is 1970. The first kappa shape index (κ1) is 32.4. The zero-order chi connectivity index (χ0) is 33.9. The molecule has 1 amide bonds. The van der Waals surface area contributed by atoms with Crippen molar-refractivity contribution in [1.29, 1.82) is 0 Å². The van der Waals surface area contributed by atoms with Crippen molar-refractivity contribution in [2.24, 2.45) is 5.92 Å². The van der Waals surface area contributed by atoms with Gasteiger partial charge in [0.2, 0.25) is 5.56 Å². The van der Waals surface area contributed by atoms with Gasteiger partial charge in [0, 0.05) is 24.5 Å². The Morgan fingerprint density at radius 2 is 1.76 bits per heavy atom. The van der Waals surface area contributed by atoms with Crippen LogP contribution in [0.3, 0.4) is 0 Å². The zero-order valence-corrected chi connectivity index (χ0v) is 27.0. The number of aliphatic hydroxyl groups excluding tert-OH is 1. The number of hydrogen-bond donors (Lipinski definition) is 5. The van der Waals surface area contributed by atoms with Crippen molar-refractivity contribution in [2.45, 2.75) is 44.2 Å². The Balaban J connectivity index is 1.01. The van der Waals surface area contributed by atoms with Gasteiger partial charge in [-0.05, 0) is 84.9 Å². The van der Waals surface area contributed by atoms with Gasteiger partial charge in [-0.3, -0.25) is 9.69 Å². The van der Waals surface area contributed by atoms with Crippen LogP contribution in [0.1, 0.15) is 53.2 Å². The minimum Gasteiger partial charge on any atom is -0.506 e. The number of rotatable bonds is 12. The Hall–Kier alpha value is -5.10. The van der Waals surface area contributed by atoms with Gasteiger partial charge in [0.15, 0.2) is 0 Å². The topological polar surface area (TPSA) is 152 Å². The number of aromatic amines is 1. The molecule has 3 fully saturated rings. The Morgan fingerprint density at radius 1 is 0.980 bits per heavy atom. The lowest BCUT2D eigenvalue weighted by Crippen LogP contribution is -2.59. The molecule has 5 heterocycles. The van der Waals surface area contributed by atoms with Gasteiger partial charge in [0.05, 0.1) is 30.2 Å². The third kappa shape index (κ3) is 7.05. The number of fused-ring (bicyclic) bond motifs is 4. The summed E-state index contributed by atoms with van der Waals surface area (Å²) in [7, 11) is 0. The van der Waals surface area contributed by atoms with Gasteiger partial charge in [-0.15, -0.1) is 0 Å². The quantitative estimate of drug-likeness (QED) is 0.118. The lowest BCUT2D eigenvalue weighted by atomic mass is 9.81. The number of phenols is 1. The van der Waals surface area contributed by atoms with Crippen molar-refractivity contribution in [3.63, 3.8) is 0 Å². The van der Waals surface area contributed by atoms with E-state index in [9.17, 15) is 24.9 Å². The molecule has 0 saturated carbocycles. The number of pyridine rings is 1. The maximum Gasteiger partial charge on any atom is 0.408 e. The highest BCUT2D eigenvalue weighted by Gasteiger charge is 2.43. The fraction of sp³-hybridized carbons (Fsp3) is 0.316. The summed E-state index contributed by atoms with van der Waals surface area (Å²) in [6.07, 6.45) is 0.218.